The molecule has 20 heavy (non-hydrogen) atoms. The number of ether oxygens (including phenoxy) is 2. The Kier molecular flexibility index (Phi) is 5.86. The van der Waals surface area contributed by atoms with Crippen LogP contribution in [-0.4, -0.2) is 35.6 Å². The zero-order valence-electron chi connectivity index (χ0n) is 12.1. The molecule has 0 amide bonds. The standard InChI is InChI=1S/C13H22N2O4S/c1-4-18-10(16)13(5-8(2)3)6-9(19-11(13)17)7-20-12(14)15/h8-9H,4-7H2,1-3H3,(H3,14,15)/t9-,13+/m0/s1. The van der Waals surface area contributed by atoms with Crippen molar-refractivity contribution in [3.8, 4) is 0 Å². The summed E-state index contributed by atoms with van der Waals surface area (Å²) in [6, 6.07) is 0. The molecule has 1 rings (SSSR count). The topological polar surface area (TPSA) is 102 Å². The molecule has 114 valence electrons. The molecule has 0 aromatic rings. The van der Waals surface area contributed by atoms with E-state index in [-0.39, 0.29) is 17.7 Å². The van der Waals surface area contributed by atoms with Crippen LogP contribution in [0.4, 0.5) is 0 Å². The van der Waals surface area contributed by atoms with Crippen molar-refractivity contribution in [2.75, 3.05) is 12.4 Å². The van der Waals surface area contributed by atoms with Crippen molar-refractivity contribution in [3.05, 3.63) is 0 Å². The van der Waals surface area contributed by atoms with Crippen LogP contribution in [0, 0.1) is 16.7 Å². The highest BCUT2D eigenvalue weighted by Gasteiger charge is 2.56. The van der Waals surface area contributed by atoms with Crippen LogP contribution in [0.1, 0.15) is 33.6 Å². The number of cyclic esters (lactones) is 1. The molecule has 1 fully saturated rings. The zero-order chi connectivity index (χ0) is 15.3. The fourth-order valence-electron chi connectivity index (χ4n) is 2.44. The first-order valence-electron chi connectivity index (χ1n) is 6.67. The second kappa shape index (κ2) is 6.97. The number of thioether (sulfide) groups is 1. The van der Waals surface area contributed by atoms with E-state index in [2.05, 4.69) is 0 Å². The summed E-state index contributed by atoms with van der Waals surface area (Å²) in [6.07, 6.45) is 0.300. The highest BCUT2D eigenvalue weighted by atomic mass is 32.2. The number of rotatable bonds is 6. The van der Waals surface area contributed by atoms with Gasteiger partial charge in [0.1, 0.15) is 6.10 Å². The first kappa shape index (κ1) is 16.8. The predicted molar refractivity (Wildman–Crippen MR) is 77.4 cm³/mol. The second-order valence-electron chi connectivity index (χ2n) is 5.31. The van der Waals surface area contributed by atoms with Crippen LogP contribution in [0.2, 0.25) is 0 Å². The number of nitrogens with two attached hydrogens (primary N) is 1. The maximum absolute atomic E-state index is 12.2. The summed E-state index contributed by atoms with van der Waals surface area (Å²) < 4.78 is 10.3. The monoisotopic (exact) mass is 302 g/mol. The van der Waals surface area contributed by atoms with Crippen molar-refractivity contribution in [2.24, 2.45) is 17.1 Å². The molecule has 0 unspecified atom stereocenters. The van der Waals surface area contributed by atoms with Gasteiger partial charge in [-0.25, -0.2) is 0 Å². The molecule has 7 heteroatoms. The third kappa shape index (κ3) is 3.88. The van der Waals surface area contributed by atoms with Gasteiger partial charge in [-0.2, -0.15) is 0 Å². The first-order chi connectivity index (χ1) is 9.31. The number of carbonyl (C=O) groups excluding carboxylic acids is 2. The summed E-state index contributed by atoms with van der Waals surface area (Å²) in [4.78, 5) is 24.4. The van der Waals surface area contributed by atoms with Gasteiger partial charge in [-0.3, -0.25) is 15.0 Å². The Bertz CT molecular complexity index is 400. The molecule has 1 saturated heterocycles. The maximum Gasteiger partial charge on any atom is 0.323 e. The Morgan fingerprint density at radius 2 is 2.30 bits per heavy atom. The van der Waals surface area contributed by atoms with E-state index < -0.39 is 23.5 Å². The van der Waals surface area contributed by atoms with Gasteiger partial charge in [0.05, 0.1) is 6.61 Å². The SMILES string of the molecule is CCOC(=O)[C@@]1(CC(C)C)C[C@@H](CSC(=N)N)OC1=O. The van der Waals surface area contributed by atoms with Gasteiger partial charge in [0.2, 0.25) is 0 Å². The molecule has 6 nitrogen and oxygen atoms in total. The molecule has 0 radical (unpaired) electrons. The van der Waals surface area contributed by atoms with Crippen LogP contribution in [0.25, 0.3) is 0 Å². The van der Waals surface area contributed by atoms with Gasteiger partial charge in [-0.1, -0.05) is 25.6 Å². The summed E-state index contributed by atoms with van der Waals surface area (Å²) in [6.45, 7) is 5.85. The maximum atomic E-state index is 12.2. The van der Waals surface area contributed by atoms with Crippen molar-refractivity contribution >= 4 is 28.9 Å². The van der Waals surface area contributed by atoms with E-state index in [0.717, 1.165) is 11.8 Å². The van der Waals surface area contributed by atoms with Crippen LogP contribution in [-0.2, 0) is 19.1 Å². The van der Waals surface area contributed by atoms with Crippen molar-refractivity contribution in [1.29, 1.82) is 5.41 Å². The molecule has 0 spiro atoms. The second-order valence-corrected chi connectivity index (χ2v) is 6.37. The van der Waals surface area contributed by atoms with Gasteiger partial charge in [-0.05, 0) is 19.3 Å². The zero-order valence-corrected chi connectivity index (χ0v) is 12.9. The average Bonchev–Trinajstić information content (AvgIpc) is 2.64. The Morgan fingerprint density at radius 1 is 1.65 bits per heavy atom. The van der Waals surface area contributed by atoms with Crippen molar-refractivity contribution < 1.29 is 19.1 Å². The summed E-state index contributed by atoms with van der Waals surface area (Å²) in [5, 5.41) is 7.15. The number of hydrogen-bond donors (Lipinski definition) is 2. The smallest absolute Gasteiger partial charge is 0.323 e. The van der Waals surface area contributed by atoms with Gasteiger partial charge < -0.3 is 15.2 Å². The molecule has 1 aliphatic heterocycles. The lowest BCUT2D eigenvalue weighted by atomic mass is 9.77. The van der Waals surface area contributed by atoms with Crippen LogP contribution >= 0.6 is 11.8 Å². The van der Waals surface area contributed by atoms with E-state index in [1.54, 1.807) is 6.92 Å². The molecule has 2 atom stereocenters. The van der Waals surface area contributed by atoms with Crippen molar-refractivity contribution in [1.82, 2.24) is 0 Å². The summed E-state index contributed by atoms with van der Waals surface area (Å²) in [5.41, 5.74) is 4.07. The molecule has 0 aromatic heterocycles. The minimum Gasteiger partial charge on any atom is -0.465 e. The summed E-state index contributed by atoms with van der Waals surface area (Å²) >= 11 is 1.11. The number of hydrogen-bond acceptors (Lipinski definition) is 6. The molecular weight excluding hydrogens is 280 g/mol. The lowest BCUT2D eigenvalue weighted by molar-refractivity contribution is -0.166. The number of esters is 2. The fraction of sp³-hybridized carbons (Fsp3) is 0.769. The molecule has 1 aliphatic rings. The van der Waals surface area contributed by atoms with Crippen LogP contribution in [0.5, 0.6) is 0 Å². The summed E-state index contributed by atoms with van der Waals surface area (Å²) in [7, 11) is 0. The lowest BCUT2D eigenvalue weighted by Crippen LogP contribution is -2.38. The minimum absolute atomic E-state index is 0.0291. The highest BCUT2D eigenvalue weighted by molar-refractivity contribution is 8.13. The number of carbonyl (C=O) groups is 2. The van der Waals surface area contributed by atoms with E-state index in [1.165, 1.54) is 0 Å². The highest BCUT2D eigenvalue weighted by Crippen LogP contribution is 2.41. The van der Waals surface area contributed by atoms with Crippen LogP contribution in [0.3, 0.4) is 0 Å². The van der Waals surface area contributed by atoms with Gasteiger partial charge >= 0.3 is 11.9 Å². The summed E-state index contributed by atoms with van der Waals surface area (Å²) in [5.74, 6) is -0.459. The first-order valence-corrected chi connectivity index (χ1v) is 7.65. The molecule has 3 N–H and O–H groups in total. The quantitative estimate of drug-likeness (QED) is 0.334. The third-order valence-electron chi connectivity index (χ3n) is 3.09. The third-order valence-corrected chi connectivity index (χ3v) is 3.94. The van der Waals surface area contributed by atoms with E-state index in [0.29, 0.717) is 18.6 Å². The minimum atomic E-state index is -1.20. The Balaban J connectivity index is 2.85. The van der Waals surface area contributed by atoms with Crippen molar-refractivity contribution in [2.45, 2.75) is 39.7 Å². The van der Waals surface area contributed by atoms with Crippen LogP contribution < -0.4 is 5.73 Å². The Morgan fingerprint density at radius 3 is 2.80 bits per heavy atom. The number of amidine groups is 1. The van der Waals surface area contributed by atoms with E-state index >= 15 is 0 Å². The van der Waals surface area contributed by atoms with Crippen molar-refractivity contribution in [3.63, 3.8) is 0 Å². The molecular formula is C13H22N2O4S. The lowest BCUT2D eigenvalue weighted by Gasteiger charge is -2.24. The molecule has 0 aliphatic carbocycles. The van der Waals surface area contributed by atoms with Gasteiger partial charge in [0.15, 0.2) is 10.6 Å². The Labute approximate surface area is 123 Å². The largest absolute Gasteiger partial charge is 0.465 e. The molecule has 0 saturated carbocycles. The molecule has 0 aromatic carbocycles. The van der Waals surface area contributed by atoms with Gasteiger partial charge in [0.25, 0.3) is 0 Å². The average molecular weight is 302 g/mol. The molecule has 0 bridgehead atoms. The number of nitrogens with one attached hydrogen (secondary N) is 1. The van der Waals surface area contributed by atoms with E-state index in [9.17, 15) is 9.59 Å². The fourth-order valence-corrected chi connectivity index (χ4v) is 2.99. The Hall–Kier alpha value is -1.24. The normalized spacial score (nSPS) is 25.6. The van der Waals surface area contributed by atoms with E-state index in [1.807, 2.05) is 13.8 Å². The van der Waals surface area contributed by atoms with Gasteiger partial charge in [0, 0.05) is 12.2 Å². The molecule has 1 heterocycles. The van der Waals surface area contributed by atoms with E-state index in [4.69, 9.17) is 20.6 Å². The van der Waals surface area contributed by atoms with Gasteiger partial charge in [-0.15, -0.1) is 0 Å². The predicted octanol–water partition coefficient (Wildman–Crippen LogP) is 1.52. The van der Waals surface area contributed by atoms with Crippen LogP contribution in [0.15, 0.2) is 0 Å².